The van der Waals surface area contributed by atoms with Crippen molar-refractivity contribution in [3.8, 4) is 0 Å². The lowest BCUT2D eigenvalue weighted by molar-refractivity contribution is 0.0326. The molecule has 19 heavy (non-hydrogen) atoms. The van der Waals surface area contributed by atoms with Crippen molar-refractivity contribution >= 4 is 0 Å². The van der Waals surface area contributed by atoms with Crippen molar-refractivity contribution in [2.45, 2.75) is 13.1 Å². The summed E-state index contributed by atoms with van der Waals surface area (Å²) in [4.78, 5) is 6.88. The van der Waals surface area contributed by atoms with Crippen LogP contribution >= 0.6 is 0 Å². The molecule has 0 bridgehead atoms. The van der Waals surface area contributed by atoms with Gasteiger partial charge in [-0.05, 0) is 5.56 Å². The zero-order valence-corrected chi connectivity index (χ0v) is 11.0. The lowest BCUT2D eigenvalue weighted by Crippen LogP contribution is -2.36. The second-order valence-corrected chi connectivity index (χ2v) is 4.85. The van der Waals surface area contributed by atoms with E-state index in [1.54, 1.807) is 0 Å². The van der Waals surface area contributed by atoms with Crippen LogP contribution in [0.15, 0.2) is 42.7 Å². The van der Waals surface area contributed by atoms with Crippen LogP contribution in [0.5, 0.6) is 0 Å². The number of benzene rings is 1. The number of ether oxygens (including phenoxy) is 1. The van der Waals surface area contributed by atoms with Crippen LogP contribution in [-0.2, 0) is 17.8 Å². The molecule has 1 aliphatic heterocycles. The van der Waals surface area contributed by atoms with Gasteiger partial charge in [0.1, 0.15) is 5.82 Å². The Bertz CT molecular complexity index is 503. The fourth-order valence-corrected chi connectivity index (χ4v) is 2.38. The van der Waals surface area contributed by atoms with Crippen molar-refractivity contribution in [3.63, 3.8) is 0 Å². The van der Waals surface area contributed by atoms with Gasteiger partial charge >= 0.3 is 0 Å². The van der Waals surface area contributed by atoms with E-state index in [1.807, 2.05) is 12.3 Å². The Kier molecular flexibility index (Phi) is 3.91. The summed E-state index contributed by atoms with van der Waals surface area (Å²) >= 11 is 0. The highest BCUT2D eigenvalue weighted by Gasteiger charge is 2.13. The van der Waals surface area contributed by atoms with E-state index >= 15 is 0 Å². The second-order valence-electron chi connectivity index (χ2n) is 4.85. The van der Waals surface area contributed by atoms with E-state index in [4.69, 9.17) is 4.74 Å². The zero-order chi connectivity index (χ0) is 12.9. The highest BCUT2D eigenvalue weighted by atomic mass is 16.5. The minimum absolute atomic E-state index is 0.833. The third-order valence-corrected chi connectivity index (χ3v) is 3.47. The monoisotopic (exact) mass is 257 g/mol. The standard InChI is InChI=1S/C15H19N3O/c1-2-4-14(5-3-1)12-18-7-6-16-15(18)13-17-8-10-19-11-9-17/h1-7H,8-13H2. The highest BCUT2D eigenvalue weighted by molar-refractivity contribution is 5.15. The maximum Gasteiger partial charge on any atom is 0.123 e. The predicted molar refractivity (Wildman–Crippen MR) is 73.9 cm³/mol. The Morgan fingerprint density at radius 3 is 2.63 bits per heavy atom. The highest BCUT2D eigenvalue weighted by Crippen LogP contribution is 2.09. The van der Waals surface area contributed by atoms with Crippen LogP contribution in [0, 0.1) is 0 Å². The molecule has 0 unspecified atom stereocenters. The van der Waals surface area contributed by atoms with E-state index in [-0.39, 0.29) is 0 Å². The molecule has 3 rings (SSSR count). The summed E-state index contributed by atoms with van der Waals surface area (Å²) in [6.07, 6.45) is 3.95. The molecule has 0 amide bonds. The average Bonchev–Trinajstić information content (AvgIpc) is 2.88. The molecule has 1 saturated heterocycles. The van der Waals surface area contributed by atoms with Gasteiger partial charge in [-0.25, -0.2) is 4.98 Å². The molecule has 2 aromatic rings. The van der Waals surface area contributed by atoms with Crippen LogP contribution in [0.2, 0.25) is 0 Å². The van der Waals surface area contributed by atoms with Gasteiger partial charge < -0.3 is 9.30 Å². The molecule has 4 heteroatoms. The van der Waals surface area contributed by atoms with Crippen LogP contribution in [0.1, 0.15) is 11.4 Å². The largest absolute Gasteiger partial charge is 0.379 e. The van der Waals surface area contributed by atoms with Crippen molar-refractivity contribution in [1.82, 2.24) is 14.5 Å². The molecule has 4 nitrogen and oxygen atoms in total. The van der Waals surface area contributed by atoms with Gasteiger partial charge in [-0.2, -0.15) is 0 Å². The normalized spacial score (nSPS) is 16.6. The van der Waals surface area contributed by atoms with Gasteiger partial charge in [0.2, 0.25) is 0 Å². The summed E-state index contributed by atoms with van der Waals surface area (Å²) in [7, 11) is 0. The SMILES string of the molecule is c1ccc(Cn2ccnc2CN2CCOCC2)cc1. The fraction of sp³-hybridized carbons (Fsp3) is 0.400. The average molecular weight is 257 g/mol. The van der Waals surface area contributed by atoms with Crippen molar-refractivity contribution < 1.29 is 4.74 Å². The molecule has 0 radical (unpaired) electrons. The minimum atomic E-state index is 0.833. The molecule has 0 spiro atoms. The maximum atomic E-state index is 5.38. The molecule has 1 aromatic carbocycles. The summed E-state index contributed by atoms with van der Waals surface area (Å²) in [5.74, 6) is 1.13. The zero-order valence-electron chi connectivity index (χ0n) is 11.0. The smallest absolute Gasteiger partial charge is 0.123 e. The maximum absolute atomic E-state index is 5.38. The number of imidazole rings is 1. The summed E-state index contributed by atoms with van der Waals surface area (Å²) < 4.78 is 7.60. The number of morpholine rings is 1. The molecule has 0 aliphatic carbocycles. The van der Waals surface area contributed by atoms with E-state index < -0.39 is 0 Å². The lowest BCUT2D eigenvalue weighted by atomic mass is 10.2. The van der Waals surface area contributed by atoms with E-state index in [9.17, 15) is 0 Å². The van der Waals surface area contributed by atoms with Gasteiger partial charge in [0.05, 0.1) is 19.8 Å². The quantitative estimate of drug-likeness (QED) is 0.836. The van der Waals surface area contributed by atoms with Crippen molar-refractivity contribution in [1.29, 1.82) is 0 Å². The third kappa shape index (κ3) is 3.22. The van der Waals surface area contributed by atoms with Crippen molar-refractivity contribution in [3.05, 3.63) is 54.1 Å². The summed E-state index contributed by atoms with van der Waals surface area (Å²) in [5.41, 5.74) is 1.31. The Balaban J connectivity index is 1.68. The Morgan fingerprint density at radius 1 is 1.05 bits per heavy atom. The first-order valence-corrected chi connectivity index (χ1v) is 6.76. The number of hydrogen-bond donors (Lipinski definition) is 0. The first kappa shape index (κ1) is 12.4. The van der Waals surface area contributed by atoms with Crippen LogP contribution in [0.4, 0.5) is 0 Å². The van der Waals surface area contributed by atoms with E-state index in [1.165, 1.54) is 5.56 Å². The summed E-state index contributed by atoms with van der Waals surface area (Å²) in [6, 6.07) is 10.5. The number of hydrogen-bond acceptors (Lipinski definition) is 3. The van der Waals surface area contributed by atoms with E-state index in [0.29, 0.717) is 0 Å². The fourth-order valence-electron chi connectivity index (χ4n) is 2.38. The molecule has 1 fully saturated rings. The molecule has 1 aliphatic rings. The predicted octanol–water partition coefficient (Wildman–Crippen LogP) is 1.76. The Labute approximate surface area is 113 Å². The Morgan fingerprint density at radius 2 is 1.84 bits per heavy atom. The van der Waals surface area contributed by atoms with Crippen LogP contribution in [0.25, 0.3) is 0 Å². The van der Waals surface area contributed by atoms with E-state index in [0.717, 1.165) is 45.2 Å². The molecule has 0 atom stereocenters. The molecular formula is C15H19N3O. The summed E-state index contributed by atoms with van der Waals surface area (Å²) in [6.45, 7) is 5.46. The molecule has 0 saturated carbocycles. The first-order valence-electron chi connectivity index (χ1n) is 6.76. The molecule has 1 aromatic heterocycles. The van der Waals surface area contributed by atoms with Crippen LogP contribution in [-0.4, -0.2) is 40.8 Å². The van der Waals surface area contributed by atoms with Crippen molar-refractivity contribution in [2.75, 3.05) is 26.3 Å². The van der Waals surface area contributed by atoms with Gasteiger partial charge in [-0.1, -0.05) is 30.3 Å². The third-order valence-electron chi connectivity index (χ3n) is 3.47. The lowest BCUT2D eigenvalue weighted by Gasteiger charge is -2.26. The molecular weight excluding hydrogens is 238 g/mol. The van der Waals surface area contributed by atoms with Gasteiger partial charge in [0.25, 0.3) is 0 Å². The van der Waals surface area contributed by atoms with Gasteiger partial charge in [-0.15, -0.1) is 0 Å². The second kappa shape index (κ2) is 5.99. The number of rotatable bonds is 4. The number of aromatic nitrogens is 2. The number of nitrogens with zero attached hydrogens (tertiary/aromatic N) is 3. The minimum Gasteiger partial charge on any atom is -0.379 e. The molecule has 100 valence electrons. The van der Waals surface area contributed by atoms with Gasteiger partial charge in [0, 0.05) is 32.0 Å². The van der Waals surface area contributed by atoms with Gasteiger partial charge in [-0.3, -0.25) is 4.90 Å². The van der Waals surface area contributed by atoms with Gasteiger partial charge in [0.15, 0.2) is 0 Å². The first-order chi connectivity index (χ1) is 9.42. The summed E-state index contributed by atoms with van der Waals surface area (Å²) in [5, 5.41) is 0. The van der Waals surface area contributed by atoms with E-state index in [2.05, 4.69) is 44.9 Å². The van der Waals surface area contributed by atoms with Crippen LogP contribution < -0.4 is 0 Å². The molecule has 0 N–H and O–H groups in total. The molecule has 2 heterocycles. The Hall–Kier alpha value is -1.65. The topological polar surface area (TPSA) is 30.3 Å². The van der Waals surface area contributed by atoms with Crippen molar-refractivity contribution in [2.24, 2.45) is 0 Å². The van der Waals surface area contributed by atoms with Crippen LogP contribution in [0.3, 0.4) is 0 Å².